The Morgan fingerprint density at radius 3 is 1.93 bits per heavy atom. The van der Waals surface area contributed by atoms with Gasteiger partial charge < -0.3 is 13.9 Å². The Morgan fingerprint density at radius 2 is 1.64 bits per heavy atom. The van der Waals surface area contributed by atoms with Crippen LogP contribution in [0, 0.1) is 0 Å². The molecule has 0 aromatic carbocycles. The van der Waals surface area contributed by atoms with E-state index < -0.39 is 11.9 Å². The summed E-state index contributed by atoms with van der Waals surface area (Å²) in [6, 6.07) is 6.52. The van der Waals surface area contributed by atoms with Crippen molar-refractivity contribution in [2.24, 2.45) is 0 Å². The van der Waals surface area contributed by atoms with Crippen LogP contribution < -0.4 is 0 Å². The molecule has 0 spiro atoms. The Bertz CT molecular complexity index is 365. The maximum Gasteiger partial charge on any atom is 0.322 e. The fraction of sp³-hybridized carbons (Fsp3) is 0.100. The summed E-state index contributed by atoms with van der Waals surface area (Å²) in [7, 11) is 0. The Labute approximate surface area is 79.8 Å². The summed E-state index contributed by atoms with van der Waals surface area (Å²) < 4.78 is 10.1. The van der Waals surface area contributed by atoms with E-state index in [0.29, 0.717) is 11.5 Å². The van der Waals surface area contributed by atoms with E-state index in [9.17, 15) is 4.79 Å². The lowest BCUT2D eigenvalue weighted by Gasteiger charge is -2.05. The molecule has 4 heteroatoms. The first-order chi connectivity index (χ1) is 6.79. The number of furan rings is 2. The van der Waals surface area contributed by atoms with E-state index in [0.717, 1.165) is 0 Å². The molecule has 72 valence electrons. The summed E-state index contributed by atoms with van der Waals surface area (Å²) in [6.45, 7) is 0. The highest BCUT2D eigenvalue weighted by Gasteiger charge is 2.27. The topological polar surface area (TPSA) is 63.6 Å². The summed E-state index contributed by atoms with van der Waals surface area (Å²) in [5.41, 5.74) is 0. The minimum atomic E-state index is -0.991. The molecule has 4 nitrogen and oxygen atoms in total. The molecule has 14 heavy (non-hydrogen) atoms. The van der Waals surface area contributed by atoms with Crippen molar-refractivity contribution in [1.82, 2.24) is 0 Å². The number of carboxylic acids is 1. The molecule has 0 unspecified atom stereocenters. The van der Waals surface area contributed by atoms with Crippen molar-refractivity contribution in [1.29, 1.82) is 0 Å². The normalized spacial score (nSPS) is 10.6. The molecule has 2 rings (SSSR count). The summed E-state index contributed by atoms with van der Waals surface area (Å²) >= 11 is 0. The van der Waals surface area contributed by atoms with Gasteiger partial charge in [0, 0.05) is 0 Å². The molecule has 2 aromatic heterocycles. The van der Waals surface area contributed by atoms with Gasteiger partial charge in [-0.2, -0.15) is 0 Å². The van der Waals surface area contributed by atoms with Gasteiger partial charge >= 0.3 is 5.97 Å². The lowest BCUT2D eigenvalue weighted by molar-refractivity contribution is -0.138. The second-order valence-corrected chi connectivity index (χ2v) is 2.80. The van der Waals surface area contributed by atoms with E-state index in [2.05, 4.69) is 0 Å². The van der Waals surface area contributed by atoms with Crippen LogP contribution >= 0.6 is 0 Å². The number of aliphatic carboxylic acids is 1. The Balaban J connectivity index is 2.40. The summed E-state index contributed by atoms with van der Waals surface area (Å²) in [5, 5.41) is 9.00. The predicted molar refractivity (Wildman–Crippen MR) is 46.9 cm³/mol. The van der Waals surface area contributed by atoms with Crippen molar-refractivity contribution in [3.05, 3.63) is 48.3 Å². The van der Waals surface area contributed by atoms with Crippen LogP contribution in [-0.4, -0.2) is 11.1 Å². The quantitative estimate of drug-likeness (QED) is 0.808. The number of carbonyl (C=O) groups is 1. The monoisotopic (exact) mass is 192 g/mol. The van der Waals surface area contributed by atoms with Gasteiger partial charge in [0.15, 0.2) is 5.92 Å². The van der Waals surface area contributed by atoms with E-state index in [1.54, 1.807) is 24.3 Å². The van der Waals surface area contributed by atoms with E-state index in [4.69, 9.17) is 13.9 Å². The Hall–Kier alpha value is -1.97. The molecule has 0 aliphatic heterocycles. The smallest absolute Gasteiger partial charge is 0.322 e. The van der Waals surface area contributed by atoms with Gasteiger partial charge in [0.05, 0.1) is 12.5 Å². The fourth-order valence-electron chi connectivity index (χ4n) is 1.29. The van der Waals surface area contributed by atoms with E-state index in [-0.39, 0.29) is 0 Å². The van der Waals surface area contributed by atoms with Gasteiger partial charge in [-0.25, -0.2) is 0 Å². The molecular weight excluding hydrogens is 184 g/mol. The minimum absolute atomic E-state index is 0.368. The number of hydrogen-bond acceptors (Lipinski definition) is 3. The van der Waals surface area contributed by atoms with Crippen LogP contribution in [-0.2, 0) is 4.79 Å². The predicted octanol–water partition coefficient (Wildman–Crippen LogP) is 2.09. The minimum Gasteiger partial charge on any atom is -0.480 e. The Kier molecular flexibility index (Phi) is 2.10. The number of hydrogen-bond donors (Lipinski definition) is 1. The zero-order valence-corrected chi connectivity index (χ0v) is 7.21. The first kappa shape index (κ1) is 8.62. The van der Waals surface area contributed by atoms with Crippen LogP contribution in [0.5, 0.6) is 0 Å². The van der Waals surface area contributed by atoms with Gasteiger partial charge in [0.1, 0.15) is 11.5 Å². The molecule has 2 heterocycles. The van der Waals surface area contributed by atoms with Crippen LogP contribution in [0.1, 0.15) is 17.4 Å². The molecule has 0 amide bonds. The van der Waals surface area contributed by atoms with Gasteiger partial charge in [0.25, 0.3) is 0 Å². The summed E-state index contributed by atoms with van der Waals surface area (Å²) in [5.74, 6) is -1.12. The Morgan fingerprint density at radius 1 is 1.14 bits per heavy atom. The molecule has 0 aliphatic carbocycles. The zero-order chi connectivity index (χ0) is 9.97. The maximum atomic E-state index is 11.0. The van der Waals surface area contributed by atoms with Crippen LogP contribution in [0.3, 0.4) is 0 Å². The molecular formula is C10H8O4. The fourth-order valence-corrected chi connectivity index (χ4v) is 1.29. The lowest BCUT2D eigenvalue weighted by Crippen LogP contribution is -2.11. The van der Waals surface area contributed by atoms with E-state index in [1.165, 1.54) is 12.5 Å². The third-order valence-electron chi connectivity index (χ3n) is 1.90. The van der Waals surface area contributed by atoms with Crippen LogP contribution in [0.2, 0.25) is 0 Å². The lowest BCUT2D eigenvalue weighted by atomic mass is 10.0. The van der Waals surface area contributed by atoms with Crippen molar-refractivity contribution in [3.63, 3.8) is 0 Å². The van der Waals surface area contributed by atoms with E-state index >= 15 is 0 Å². The van der Waals surface area contributed by atoms with E-state index in [1.807, 2.05) is 0 Å². The molecule has 0 saturated carbocycles. The average molecular weight is 192 g/mol. The first-order valence-electron chi connectivity index (χ1n) is 4.08. The molecule has 1 N–H and O–H groups in total. The van der Waals surface area contributed by atoms with Crippen molar-refractivity contribution in [2.45, 2.75) is 5.92 Å². The largest absolute Gasteiger partial charge is 0.480 e. The van der Waals surface area contributed by atoms with Crippen molar-refractivity contribution in [2.75, 3.05) is 0 Å². The SMILES string of the molecule is O=C(O)C(c1ccco1)c1ccco1. The van der Waals surface area contributed by atoms with Crippen LogP contribution in [0.4, 0.5) is 0 Å². The van der Waals surface area contributed by atoms with Gasteiger partial charge in [-0.1, -0.05) is 0 Å². The highest BCUT2D eigenvalue weighted by atomic mass is 16.4. The van der Waals surface area contributed by atoms with Gasteiger partial charge in [-0.05, 0) is 24.3 Å². The zero-order valence-electron chi connectivity index (χ0n) is 7.21. The van der Waals surface area contributed by atoms with Crippen molar-refractivity contribution >= 4 is 5.97 Å². The standard InChI is InChI=1S/C10H8O4/c11-10(12)9(7-3-1-5-13-7)8-4-2-6-14-8/h1-6,9H,(H,11,12). The number of rotatable bonds is 3. The first-order valence-corrected chi connectivity index (χ1v) is 4.08. The third-order valence-corrected chi connectivity index (χ3v) is 1.90. The molecule has 0 fully saturated rings. The highest BCUT2D eigenvalue weighted by Crippen LogP contribution is 2.25. The molecule has 0 bridgehead atoms. The molecule has 0 atom stereocenters. The van der Waals surface area contributed by atoms with Crippen LogP contribution in [0.15, 0.2) is 45.6 Å². The molecule has 0 radical (unpaired) electrons. The van der Waals surface area contributed by atoms with Crippen molar-refractivity contribution < 1.29 is 18.7 Å². The maximum absolute atomic E-state index is 11.0. The van der Waals surface area contributed by atoms with Crippen molar-refractivity contribution in [3.8, 4) is 0 Å². The second kappa shape index (κ2) is 3.41. The highest BCUT2D eigenvalue weighted by molar-refractivity contribution is 5.78. The molecule has 0 saturated heterocycles. The van der Waals surface area contributed by atoms with Gasteiger partial charge in [-0.15, -0.1) is 0 Å². The van der Waals surface area contributed by atoms with Crippen LogP contribution in [0.25, 0.3) is 0 Å². The summed E-state index contributed by atoms with van der Waals surface area (Å²) in [4.78, 5) is 11.0. The second-order valence-electron chi connectivity index (χ2n) is 2.80. The average Bonchev–Trinajstić information content (AvgIpc) is 2.75. The third kappa shape index (κ3) is 1.42. The summed E-state index contributed by atoms with van der Waals surface area (Å²) in [6.07, 6.45) is 2.88. The number of carboxylic acid groups (broad SMARTS) is 1. The van der Waals surface area contributed by atoms with Gasteiger partial charge in [-0.3, -0.25) is 4.79 Å². The molecule has 2 aromatic rings. The molecule has 0 aliphatic rings. The van der Waals surface area contributed by atoms with Gasteiger partial charge in [0.2, 0.25) is 0 Å².